The maximum absolute atomic E-state index is 13.2. The molecular formula is C19H20ClFN2O2. The van der Waals surface area contributed by atoms with Crippen molar-refractivity contribution in [3.05, 3.63) is 46.7 Å². The Labute approximate surface area is 151 Å². The molecule has 0 aromatic heterocycles. The number of methoxy groups -OCH3 is 2. The van der Waals surface area contributed by atoms with Crippen LogP contribution in [0.3, 0.4) is 0 Å². The summed E-state index contributed by atoms with van der Waals surface area (Å²) in [7, 11) is 3.28. The molecule has 2 aromatic rings. The number of hydrogen-bond donors (Lipinski definition) is 0. The van der Waals surface area contributed by atoms with Gasteiger partial charge in [-0.3, -0.25) is 4.99 Å². The first-order valence-corrected chi connectivity index (χ1v) is 8.50. The summed E-state index contributed by atoms with van der Waals surface area (Å²) in [6.45, 7) is 2.03. The SMILES string of the molecule is COc1cc(N2CCCC2)c(OC)cc1C=Nc1ccc(F)c(Cl)c1. The highest BCUT2D eigenvalue weighted by molar-refractivity contribution is 6.31. The predicted molar refractivity (Wildman–Crippen MR) is 99.7 cm³/mol. The molecule has 0 bridgehead atoms. The Morgan fingerprint density at radius 3 is 2.44 bits per heavy atom. The Morgan fingerprint density at radius 1 is 1.08 bits per heavy atom. The van der Waals surface area contributed by atoms with E-state index in [4.69, 9.17) is 21.1 Å². The minimum Gasteiger partial charge on any atom is -0.496 e. The van der Waals surface area contributed by atoms with Gasteiger partial charge in [-0.1, -0.05) is 11.6 Å². The first-order chi connectivity index (χ1) is 12.1. The lowest BCUT2D eigenvalue weighted by Crippen LogP contribution is -2.18. The third kappa shape index (κ3) is 3.87. The molecule has 0 atom stereocenters. The van der Waals surface area contributed by atoms with Crippen LogP contribution in [0.15, 0.2) is 35.3 Å². The maximum Gasteiger partial charge on any atom is 0.143 e. The summed E-state index contributed by atoms with van der Waals surface area (Å²) >= 11 is 5.80. The number of rotatable bonds is 5. The van der Waals surface area contributed by atoms with E-state index in [-0.39, 0.29) is 5.02 Å². The van der Waals surface area contributed by atoms with Crippen molar-refractivity contribution >= 4 is 29.2 Å². The Morgan fingerprint density at radius 2 is 1.80 bits per heavy atom. The first kappa shape index (κ1) is 17.5. The van der Waals surface area contributed by atoms with Gasteiger partial charge in [-0.15, -0.1) is 0 Å². The normalized spacial score (nSPS) is 14.3. The molecule has 1 aliphatic rings. The molecule has 0 spiro atoms. The van der Waals surface area contributed by atoms with Gasteiger partial charge in [-0.05, 0) is 37.1 Å². The minimum absolute atomic E-state index is 0.0450. The van der Waals surface area contributed by atoms with E-state index in [2.05, 4.69) is 9.89 Å². The summed E-state index contributed by atoms with van der Waals surface area (Å²) in [6.07, 6.45) is 4.03. The average molecular weight is 363 g/mol. The molecule has 1 saturated heterocycles. The fourth-order valence-corrected chi connectivity index (χ4v) is 3.10. The van der Waals surface area contributed by atoms with Gasteiger partial charge < -0.3 is 14.4 Å². The van der Waals surface area contributed by atoms with Gasteiger partial charge in [0.05, 0.1) is 30.6 Å². The van der Waals surface area contributed by atoms with Gasteiger partial charge in [0.25, 0.3) is 0 Å². The van der Waals surface area contributed by atoms with E-state index in [0.29, 0.717) is 11.4 Å². The summed E-state index contributed by atoms with van der Waals surface area (Å²) in [5.41, 5.74) is 2.37. The van der Waals surface area contributed by atoms with Crippen molar-refractivity contribution in [2.24, 2.45) is 4.99 Å². The largest absolute Gasteiger partial charge is 0.496 e. The predicted octanol–water partition coefficient (Wildman–Crippen LogP) is 4.85. The average Bonchev–Trinajstić information content (AvgIpc) is 3.16. The minimum atomic E-state index is -0.463. The number of anilines is 1. The molecule has 6 heteroatoms. The summed E-state index contributed by atoms with van der Waals surface area (Å²) in [6, 6.07) is 8.23. The van der Waals surface area contributed by atoms with Crippen LogP contribution in [0.4, 0.5) is 15.8 Å². The highest BCUT2D eigenvalue weighted by atomic mass is 35.5. The second-order valence-electron chi connectivity index (χ2n) is 5.82. The maximum atomic E-state index is 13.2. The van der Waals surface area contributed by atoms with Crippen LogP contribution >= 0.6 is 11.6 Å². The van der Waals surface area contributed by atoms with Crippen molar-refractivity contribution in [1.82, 2.24) is 0 Å². The Hall–Kier alpha value is -2.27. The molecule has 25 heavy (non-hydrogen) atoms. The van der Waals surface area contributed by atoms with E-state index >= 15 is 0 Å². The zero-order valence-electron chi connectivity index (χ0n) is 14.3. The molecule has 0 saturated carbocycles. The monoisotopic (exact) mass is 362 g/mol. The lowest BCUT2D eigenvalue weighted by molar-refractivity contribution is 0.402. The standard InChI is InChI=1S/C19H20ClFN2O2/c1-24-18-11-17(23-7-3-4-8-23)19(25-2)9-13(18)12-22-14-5-6-16(21)15(20)10-14/h5-6,9-12H,3-4,7-8H2,1-2H3. The van der Waals surface area contributed by atoms with Crippen molar-refractivity contribution in [2.75, 3.05) is 32.2 Å². The molecule has 0 aliphatic carbocycles. The molecule has 4 nitrogen and oxygen atoms in total. The van der Waals surface area contributed by atoms with E-state index in [0.717, 1.165) is 30.1 Å². The second-order valence-corrected chi connectivity index (χ2v) is 6.22. The molecule has 1 aliphatic heterocycles. The first-order valence-electron chi connectivity index (χ1n) is 8.12. The van der Waals surface area contributed by atoms with E-state index < -0.39 is 5.82 Å². The Bertz CT molecular complexity index is 789. The van der Waals surface area contributed by atoms with Gasteiger partial charge in [0, 0.05) is 30.9 Å². The highest BCUT2D eigenvalue weighted by Crippen LogP contribution is 2.36. The molecule has 1 fully saturated rings. The number of nitrogens with zero attached hydrogens (tertiary/aromatic N) is 2. The zero-order chi connectivity index (χ0) is 17.8. The third-order valence-corrected chi connectivity index (χ3v) is 4.52. The lowest BCUT2D eigenvalue weighted by atomic mass is 10.1. The van der Waals surface area contributed by atoms with Gasteiger partial charge in [-0.25, -0.2) is 4.39 Å². The van der Waals surface area contributed by atoms with Crippen LogP contribution in [0.1, 0.15) is 18.4 Å². The Balaban J connectivity index is 1.94. The van der Waals surface area contributed by atoms with Gasteiger partial charge >= 0.3 is 0 Å². The van der Waals surface area contributed by atoms with Crippen LogP contribution in [-0.4, -0.2) is 33.5 Å². The second kappa shape index (κ2) is 7.74. The lowest BCUT2D eigenvalue weighted by Gasteiger charge is -2.22. The fourth-order valence-electron chi connectivity index (χ4n) is 2.92. The molecule has 2 aromatic carbocycles. The van der Waals surface area contributed by atoms with Crippen LogP contribution in [-0.2, 0) is 0 Å². The smallest absolute Gasteiger partial charge is 0.143 e. The van der Waals surface area contributed by atoms with Crippen LogP contribution < -0.4 is 14.4 Å². The Kier molecular flexibility index (Phi) is 5.43. The summed E-state index contributed by atoms with van der Waals surface area (Å²) < 4.78 is 24.3. The van der Waals surface area contributed by atoms with Crippen molar-refractivity contribution in [2.45, 2.75) is 12.8 Å². The quantitative estimate of drug-likeness (QED) is 0.713. The number of halogens is 2. The number of aliphatic imine (C=N–C) groups is 1. The summed E-state index contributed by atoms with van der Waals surface area (Å²) in [4.78, 5) is 6.66. The molecule has 132 valence electrons. The summed E-state index contributed by atoms with van der Waals surface area (Å²) in [5.74, 6) is 1.02. The van der Waals surface area contributed by atoms with Crippen molar-refractivity contribution < 1.29 is 13.9 Å². The van der Waals surface area contributed by atoms with E-state index in [1.165, 1.54) is 25.0 Å². The fraction of sp³-hybridized carbons (Fsp3) is 0.316. The van der Waals surface area contributed by atoms with Crippen molar-refractivity contribution in [3.63, 3.8) is 0 Å². The molecular weight excluding hydrogens is 343 g/mol. The van der Waals surface area contributed by atoms with E-state index in [1.54, 1.807) is 26.5 Å². The van der Waals surface area contributed by atoms with Gasteiger partial charge in [0.15, 0.2) is 0 Å². The van der Waals surface area contributed by atoms with Crippen LogP contribution in [0.5, 0.6) is 11.5 Å². The molecule has 0 unspecified atom stereocenters. The molecule has 1 heterocycles. The topological polar surface area (TPSA) is 34.1 Å². The number of benzene rings is 2. The van der Waals surface area contributed by atoms with E-state index in [9.17, 15) is 4.39 Å². The van der Waals surface area contributed by atoms with E-state index in [1.807, 2.05) is 12.1 Å². The molecule has 0 radical (unpaired) electrons. The highest BCUT2D eigenvalue weighted by Gasteiger charge is 2.19. The van der Waals surface area contributed by atoms with Crippen LogP contribution in [0, 0.1) is 5.82 Å². The van der Waals surface area contributed by atoms with Gasteiger partial charge in [-0.2, -0.15) is 0 Å². The van der Waals surface area contributed by atoms with Crippen LogP contribution in [0.2, 0.25) is 5.02 Å². The molecule has 3 rings (SSSR count). The number of hydrogen-bond acceptors (Lipinski definition) is 4. The van der Waals surface area contributed by atoms with Crippen molar-refractivity contribution in [3.8, 4) is 11.5 Å². The van der Waals surface area contributed by atoms with Crippen LogP contribution in [0.25, 0.3) is 0 Å². The van der Waals surface area contributed by atoms with Crippen molar-refractivity contribution in [1.29, 1.82) is 0 Å². The molecule has 0 N–H and O–H groups in total. The van der Waals surface area contributed by atoms with Gasteiger partial charge in [0.2, 0.25) is 0 Å². The number of ether oxygens (including phenoxy) is 2. The zero-order valence-corrected chi connectivity index (χ0v) is 15.0. The molecule has 0 amide bonds. The van der Waals surface area contributed by atoms with Gasteiger partial charge in [0.1, 0.15) is 17.3 Å². The summed E-state index contributed by atoms with van der Waals surface area (Å²) in [5, 5.41) is 0.0450. The third-order valence-electron chi connectivity index (χ3n) is 4.23.